The highest BCUT2D eigenvalue weighted by molar-refractivity contribution is 5.29. The molecule has 1 saturated heterocycles. The zero-order valence-electron chi connectivity index (χ0n) is 10.7. The van der Waals surface area contributed by atoms with Gasteiger partial charge in [-0.2, -0.15) is 0 Å². The molecule has 2 heterocycles. The largest absolute Gasteiger partial charge is 0.338 e. The first-order valence-electron chi connectivity index (χ1n) is 5.99. The fraction of sp³-hybridized carbons (Fsp3) is 0.667. The molecule has 2 rings (SSSR count). The molecule has 1 atom stereocenters. The van der Waals surface area contributed by atoms with Crippen molar-refractivity contribution in [1.82, 2.24) is 14.9 Å². The van der Waals surface area contributed by atoms with Gasteiger partial charge in [-0.25, -0.2) is 9.97 Å². The molecule has 0 aliphatic carbocycles. The quantitative estimate of drug-likeness (QED) is 0.723. The number of piperazine rings is 1. The van der Waals surface area contributed by atoms with Gasteiger partial charge in [-0.3, -0.25) is 0 Å². The second-order valence-electron chi connectivity index (χ2n) is 3.82. The van der Waals surface area contributed by atoms with Gasteiger partial charge >= 0.3 is 0 Å². The SMILES string of the molecule is CC.CC1CN(c2ncccn2)CCN1C. The average molecular weight is 222 g/mol. The second kappa shape index (κ2) is 6.43. The minimum Gasteiger partial charge on any atom is -0.338 e. The molecule has 0 N–H and O–H groups in total. The van der Waals surface area contributed by atoms with Gasteiger partial charge in [-0.05, 0) is 20.0 Å². The third-order valence-electron chi connectivity index (χ3n) is 2.79. The summed E-state index contributed by atoms with van der Waals surface area (Å²) in [5, 5.41) is 0. The summed E-state index contributed by atoms with van der Waals surface area (Å²) in [4.78, 5) is 13.1. The van der Waals surface area contributed by atoms with Gasteiger partial charge in [0.2, 0.25) is 5.95 Å². The van der Waals surface area contributed by atoms with Crippen LogP contribution in [-0.2, 0) is 0 Å². The van der Waals surface area contributed by atoms with E-state index in [1.54, 1.807) is 12.4 Å². The van der Waals surface area contributed by atoms with Crippen LogP contribution in [0.3, 0.4) is 0 Å². The molecule has 1 aromatic rings. The van der Waals surface area contributed by atoms with Gasteiger partial charge in [-0.15, -0.1) is 0 Å². The van der Waals surface area contributed by atoms with Crippen molar-refractivity contribution >= 4 is 5.95 Å². The number of hydrogen-bond donors (Lipinski definition) is 0. The first-order chi connectivity index (χ1) is 7.77. The van der Waals surface area contributed by atoms with Crippen molar-refractivity contribution in [1.29, 1.82) is 0 Å². The molecule has 1 aromatic heterocycles. The number of anilines is 1. The summed E-state index contributed by atoms with van der Waals surface area (Å²) in [7, 11) is 2.16. The van der Waals surface area contributed by atoms with Crippen LogP contribution in [0, 0.1) is 0 Å². The molecular formula is C12H22N4. The van der Waals surface area contributed by atoms with Gasteiger partial charge in [0.1, 0.15) is 0 Å². The summed E-state index contributed by atoms with van der Waals surface area (Å²) in [6, 6.07) is 2.43. The van der Waals surface area contributed by atoms with Crippen LogP contribution >= 0.6 is 0 Å². The van der Waals surface area contributed by atoms with Gasteiger partial charge in [-0.1, -0.05) is 13.8 Å². The van der Waals surface area contributed by atoms with Gasteiger partial charge in [0.05, 0.1) is 0 Å². The van der Waals surface area contributed by atoms with E-state index in [9.17, 15) is 0 Å². The summed E-state index contributed by atoms with van der Waals surface area (Å²) in [5.74, 6) is 0.854. The third kappa shape index (κ3) is 3.17. The van der Waals surface area contributed by atoms with E-state index in [1.807, 2.05) is 19.9 Å². The minimum absolute atomic E-state index is 0.576. The lowest BCUT2D eigenvalue weighted by molar-refractivity contribution is 0.233. The van der Waals surface area contributed by atoms with E-state index in [4.69, 9.17) is 0 Å². The molecule has 0 bridgehead atoms. The van der Waals surface area contributed by atoms with E-state index < -0.39 is 0 Å². The monoisotopic (exact) mass is 222 g/mol. The Morgan fingerprint density at radius 3 is 2.38 bits per heavy atom. The van der Waals surface area contributed by atoms with Crippen molar-refractivity contribution in [2.24, 2.45) is 0 Å². The maximum absolute atomic E-state index is 4.26. The molecule has 0 radical (unpaired) electrons. The van der Waals surface area contributed by atoms with Crippen molar-refractivity contribution in [3.63, 3.8) is 0 Å². The predicted molar refractivity (Wildman–Crippen MR) is 67.7 cm³/mol. The lowest BCUT2D eigenvalue weighted by Crippen LogP contribution is -2.50. The van der Waals surface area contributed by atoms with Gasteiger partial charge in [0.15, 0.2) is 0 Å². The van der Waals surface area contributed by atoms with Gasteiger partial charge in [0.25, 0.3) is 0 Å². The topological polar surface area (TPSA) is 32.3 Å². The molecule has 16 heavy (non-hydrogen) atoms. The maximum atomic E-state index is 4.26. The minimum atomic E-state index is 0.576. The number of nitrogens with zero attached hydrogens (tertiary/aromatic N) is 4. The Labute approximate surface area is 98.3 Å². The number of likely N-dealkylation sites (N-methyl/N-ethyl adjacent to an activating group) is 1. The molecule has 1 aliphatic heterocycles. The Hall–Kier alpha value is -1.16. The number of rotatable bonds is 1. The van der Waals surface area contributed by atoms with Crippen molar-refractivity contribution in [2.75, 3.05) is 31.6 Å². The van der Waals surface area contributed by atoms with E-state index >= 15 is 0 Å². The summed E-state index contributed by atoms with van der Waals surface area (Å²) in [6.45, 7) is 9.35. The van der Waals surface area contributed by atoms with E-state index in [0.717, 1.165) is 25.6 Å². The average Bonchev–Trinajstić information content (AvgIpc) is 2.36. The number of hydrogen-bond acceptors (Lipinski definition) is 4. The van der Waals surface area contributed by atoms with Crippen molar-refractivity contribution in [3.8, 4) is 0 Å². The highest BCUT2D eigenvalue weighted by Crippen LogP contribution is 2.12. The fourth-order valence-corrected chi connectivity index (χ4v) is 1.68. The highest BCUT2D eigenvalue weighted by atomic mass is 15.3. The molecule has 0 amide bonds. The lowest BCUT2D eigenvalue weighted by atomic mass is 10.2. The lowest BCUT2D eigenvalue weighted by Gasteiger charge is -2.37. The maximum Gasteiger partial charge on any atom is 0.225 e. The molecule has 0 spiro atoms. The van der Waals surface area contributed by atoms with E-state index in [0.29, 0.717) is 6.04 Å². The van der Waals surface area contributed by atoms with Crippen LogP contribution in [0.1, 0.15) is 20.8 Å². The van der Waals surface area contributed by atoms with Crippen LogP contribution in [-0.4, -0.2) is 47.6 Å². The fourth-order valence-electron chi connectivity index (χ4n) is 1.68. The molecule has 1 aliphatic rings. The first kappa shape index (κ1) is 12.9. The Balaban J connectivity index is 0.000000606. The summed E-state index contributed by atoms with van der Waals surface area (Å²) < 4.78 is 0. The van der Waals surface area contributed by atoms with Crippen molar-refractivity contribution in [2.45, 2.75) is 26.8 Å². The smallest absolute Gasteiger partial charge is 0.225 e. The Bertz CT molecular complexity index is 288. The Morgan fingerprint density at radius 1 is 1.19 bits per heavy atom. The molecule has 1 unspecified atom stereocenters. The van der Waals surface area contributed by atoms with Gasteiger partial charge in [0, 0.05) is 38.1 Å². The van der Waals surface area contributed by atoms with Crippen LogP contribution in [0.25, 0.3) is 0 Å². The predicted octanol–water partition coefficient (Wildman–Crippen LogP) is 1.64. The first-order valence-corrected chi connectivity index (χ1v) is 5.99. The number of aromatic nitrogens is 2. The molecular weight excluding hydrogens is 200 g/mol. The van der Waals surface area contributed by atoms with Crippen LogP contribution in [0.4, 0.5) is 5.95 Å². The highest BCUT2D eigenvalue weighted by Gasteiger charge is 2.21. The molecule has 0 saturated carbocycles. The zero-order chi connectivity index (χ0) is 12.0. The molecule has 90 valence electrons. The van der Waals surface area contributed by atoms with E-state index in [1.165, 1.54) is 0 Å². The zero-order valence-corrected chi connectivity index (χ0v) is 10.7. The third-order valence-corrected chi connectivity index (χ3v) is 2.79. The summed E-state index contributed by atoms with van der Waals surface area (Å²) >= 11 is 0. The molecule has 4 nitrogen and oxygen atoms in total. The van der Waals surface area contributed by atoms with Crippen molar-refractivity contribution in [3.05, 3.63) is 18.5 Å². The molecule has 4 heteroatoms. The second-order valence-corrected chi connectivity index (χ2v) is 3.82. The van der Waals surface area contributed by atoms with E-state index in [-0.39, 0.29) is 0 Å². The van der Waals surface area contributed by atoms with Crippen molar-refractivity contribution < 1.29 is 0 Å². The Morgan fingerprint density at radius 2 is 1.81 bits per heavy atom. The normalized spacial score (nSPS) is 21.2. The van der Waals surface area contributed by atoms with Crippen LogP contribution in [0.15, 0.2) is 18.5 Å². The summed E-state index contributed by atoms with van der Waals surface area (Å²) in [5.41, 5.74) is 0. The van der Waals surface area contributed by atoms with Crippen LogP contribution < -0.4 is 4.90 Å². The van der Waals surface area contributed by atoms with Gasteiger partial charge < -0.3 is 9.80 Å². The summed E-state index contributed by atoms with van der Waals surface area (Å²) in [6.07, 6.45) is 3.59. The van der Waals surface area contributed by atoms with Crippen LogP contribution in [0.2, 0.25) is 0 Å². The Kier molecular flexibility index (Phi) is 5.19. The molecule has 1 fully saturated rings. The van der Waals surface area contributed by atoms with E-state index in [2.05, 4.69) is 33.7 Å². The standard InChI is InChI=1S/C10H16N4.C2H6/c1-9-8-14(7-6-13(9)2)10-11-4-3-5-12-10;1-2/h3-5,9H,6-8H2,1-2H3;1-2H3. The molecule has 0 aromatic carbocycles. The van der Waals surface area contributed by atoms with Crippen LogP contribution in [0.5, 0.6) is 0 Å².